The van der Waals surface area contributed by atoms with Gasteiger partial charge in [0.15, 0.2) is 5.60 Å². The third-order valence-corrected chi connectivity index (χ3v) is 4.23. The van der Waals surface area contributed by atoms with Crippen LogP contribution in [0.1, 0.15) is 12.5 Å². The molecule has 1 aromatic rings. The molecule has 2 aliphatic rings. The van der Waals surface area contributed by atoms with E-state index in [2.05, 4.69) is 10.6 Å². The third kappa shape index (κ3) is 3.14. The van der Waals surface area contributed by atoms with Crippen molar-refractivity contribution in [1.82, 2.24) is 10.6 Å². The first kappa shape index (κ1) is 16.5. The van der Waals surface area contributed by atoms with Gasteiger partial charge in [0.05, 0.1) is 32.0 Å². The average Bonchev–Trinajstić information content (AvgIpc) is 2.96. The van der Waals surface area contributed by atoms with E-state index in [-0.39, 0.29) is 24.8 Å². The summed E-state index contributed by atoms with van der Waals surface area (Å²) >= 11 is 0. The first-order valence-corrected chi connectivity index (χ1v) is 7.85. The van der Waals surface area contributed by atoms with Crippen LogP contribution in [0.2, 0.25) is 0 Å². The van der Waals surface area contributed by atoms with Gasteiger partial charge in [-0.1, -0.05) is 12.1 Å². The smallest absolute Gasteiger partial charge is 0.408 e. The second kappa shape index (κ2) is 6.64. The van der Waals surface area contributed by atoms with Crippen LogP contribution >= 0.6 is 0 Å². The van der Waals surface area contributed by atoms with Crippen molar-refractivity contribution in [2.45, 2.75) is 12.5 Å². The Balaban J connectivity index is 2.02. The van der Waals surface area contributed by atoms with Crippen LogP contribution in [0.4, 0.5) is 14.9 Å². The first-order chi connectivity index (χ1) is 11.5. The molecular formula is C16H20FN3O4. The second-order valence-electron chi connectivity index (χ2n) is 5.88. The van der Waals surface area contributed by atoms with Gasteiger partial charge < -0.3 is 25.0 Å². The van der Waals surface area contributed by atoms with Crippen molar-refractivity contribution in [3.05, 3.63) is 29.6 Å². The SMILES string of the molecule is CC(=O)NC[C@@]1(c2cccc(F)c2N2CCOCC2)CNC(=O)O1. The summed E-state index contributed by atoms with van der Waals surface area (Å²) in [5.41, 5.74) is -0.211. The highest BCUT2D eigenvalue weighted by molar-refractivity contribution is 5.75. The Morgan fingerprint density at radius 2 is 2.17 bits per heavy atom. The van der Waals surface area contributed by atoms with Gasteiger partial charge in [-0.05, 0) is 6.07 Å². The number of nitrogens with zero attached hydrogens (tertiary/aromatic N) is 1. The molecule has 0 spiro atoms. The maximum atomic E-state index is 14.6. The molecule has 3 rings (SSSR count). The lowest BCUT2D eigenvalue weighted by molar-refractivity contribution is -0.120. The van der Waals surface area contributed by atoms with Gasteiger partial charge >= 0.3 is 6.09 Å². The van der Waals surface area contributed by atoms with E-state index in [1.807, 2.05) is 4.90 Å². The van der Waals surface area contributed by atoms with Gasteiger partial charge in [0.2, 0.25) is 5.91 Å². The van der Waals surface area contributed by atoms with Gasteiger partial charge in [0.25, 0.3) is 0 Å². The largest absolute Gasteiger partial charge is 0.434 e. The molecule has 0 bridgehead atoms. The molecule has 7 nitrogen and oxygen atoms in total. The number of para-hydroxylation sites is 1. The molecule has 0 radical (unpaired) electrons. The fraction of sp³-hybridized carbons (Fsp3) is 0.500. The lowest BCUT2D eigenvalue weighted by atomic mass is 9.91. The summed E-state index contributed by atoms with van der Waals surface area (Å²) in [7, 11) is 0. The molecule has 2 saturated heterocycles. The number of carbonyl (C=O) groups excluding carboxylic acids is 2. The number of hydrogen-bond donors (Lipinski definition) is 2. The predicted octanol–water partition coefficient (Wildman–Crippen LogP) is 0.733. The van der Waals surface area contributed by atoms with E-state index in [1.54, 1.807) is 12.1 Å². The number of cyclic esters (lactones) is 1. The van der Waals surface area contributed by atoms with Crippen LogP contribution in [0.15, 0.2) is 18.2 Å². The molecule has 2 fully saturated rings. The number of nitrogens with one attached hydrogen (secondary N) is 2. The maximum Gasteiger partial charge on any atom is 0.408 e. The molecule has 1 atom stereocenters. The quantitative estimate of drug-likeness (QED) is 0.847. The van der Waals surface area contributed by atoms with E-state index in [9.17, 15) is 14.0 Å². The van der Waals surface area contributed by atoms with Gasteiger partial charge in [-0.3, -0.25) is 4.79 Å². The van der Waals surface area contributed by atoms with Crippen LogP contribution in [-0.2, 0) is 19.9 Å². The van der Waals surface area contributed by atoms with E-state index in [1.165, 1.54) is 13.0 Å². The minimum Gasteiger partial charge on any atom is -0.434 e. The zero-order valence-corrected chi connectivity index (χ0v) is 13.4. The van der Waals surface area contributed by atoms with Crippen molar-refractivity contribution < 1.29 is 23.5 Å². The summed E-state index contributed by atoms with van der Waals surface area (Å²) in [5, 5.41) is 5.28. The summed E-state index contributed by atoms with van der Waals surface area (Å²) in [5.74, 6) is -0.638. The van der Waals surface area contributed by atoms with Gasteiger partial charge in [-0.25, -0.2) is 9.18 Å². The zero-order chi connectivity index (χ0) is 17.2. The van der Waals surface area contributed by atoms with Gasteiger partial charge in [0, 0.05) is 25.6 Å². The second-order valence-corrected chi connectivity index (χ2v) is 5.88. The normalized spacial score (nSPS) is 23.6. The van der Waals surface area contributed by atoms with E-state index < -0.39 is 11.7 Å². The molecule has 8 heteroatoms. The first-order valence-electron chi connectivity index (χ1n) is 7.85. The Morgan fingerprint density at radius 1 is 1.42 bits per heavy atom. The van der Waals surface area contributed by atoms with Crippen LogP contribution in [0, 0.1) is 5.82 Å². The highest BCUT2D eigenvalue weighted by Crippen LogP contribution is 2.37. The van der Waals surface area contributed by atoms with Crippen molar-refractivity contribution in [2.75, 3.05) is 44.3 Å². The molecule has 2 heterocycles. The number of halogens is 1. The summed E-state index contributed by atoms with van der Waals surface area (Å²) in [6.07, 6.45) is -0.586. The van der Waals surface area contributed by atoms with E-state index >= 15 is 0 Å². The van der Waals surface area contributed by atoms with Crippen LogP contribution in [0.3, 0.4) is 0 Å². The van der Waals surface area contributed by atoms with Gasteiger partial charge in [-0.2, -0.15) is 0 Å². The van der Waals surface area contributed by atoms with E-state index in [0.717, 1.165) is 0 Å². The Hall–Kier alpha value is -2.35. The standard InChI is InChI=1S/C16H20FN3O4/c1-11(21)18-9-16(10-19-15(22)24-16)12-3-2-4-13(17)14(12)20-5-7-23-8-6-20/h2-4H,5-10H2,1H3,(H,18,21)(H,19,22)/t16-/m0/s1. The Bertz CT molecular complexity index is 648. The predicted molar refractivity (Wildman–Crippen MR) is 84.3 cm³/mol. The molecular weight excluding hydrogens is 317 g/mol. The summed E-state index contributed by atoms with van der Waals surface area (Å²) < 4.78 is 25.4. The topological polar surface area (TPSA) is 79.9 Å². The lowest BCUT2D eigenvalue weighted by Gasteiger charge is -2.35. The monoisotopic (exact) mass is 337 g/mol. The van der Waals surface area contributed by atoms with Crippen molar-refractivity contribution in [3.63, 3.8) is 0 Å². The molecule has 2 N–H and O–H groups in total. The number of benzene rings is 1. The fourth-order valence-electron chi connectivity index (χ4n) is 3.07. The molecule has 24 heavy (non-hydrogen) atoms. The Labute approximate surface area is 139 Å². The number of hydrogen-bond acceptors (Lipinski definition) is 5. The maximum absolute atomic E-state index is 14.6. The van der Waals surface area contributed by atoms with Crippen molar-refractivity contribution in [1.29, 1.82) is 0 Å². The summed E-state index contributed by atoms with van der Waals surface area (Å²) in [4.78, 5) is 24.9. The van der Waals surface area contributed by atoms with Crippen LogP contribution < -0.4 is 15.5 Å². The number of anilines is 1. The minimum atomic E-state index is -1.14. The molecule has 0 unspecified atom stereocenters. The zero-order valence-electron chi connectivity index (χ0n) is 13.4. The molecule has 0 saturated carbocycles. The van der Waals surface area contributed by atoms with Crippen molar-refractivity contribution in [3.8, 4) is 0 Å². The third-order valence-electron chi connectivity index (χ3n) is 4.23. The highest BCUT2D eigenvalue weighted by Gasteiger charge is 2.45. The number of carbonyl (C=O) groups is 2. The molecule has 2 aliphatic heterocycles. The highest BCUT2D eigenvalue weighted by atomic mass is 19.1. The van der Waals surface area contributed by atoms with Gasteiger partial charge in [-0.15, -0.1) is 0 Å². The van der Waals surface area contributed by atoms with Crippen molar-refractivity contribution >= 4 is 17.7 Å². The van der Waals surface area contributed by atoms with Crippen LogP contribution in [0.5, 0.6) is 0 Å². The molecule has 1 aromatic carbocycles. The average molecular weight is 337 g/mol. The van der Waals surface area contributed by atoms with E-state index in [0.29, 0.717) is 37.6 Å². The molecule has 0 aliphatic carbocycles. The summed E-state index contributed by atoms with van der Waals surface area (Å²) in [6, 6.07) is 4.69. The number of morpholine rings is 1. The fourth-order valence-corrected chi connectivity index (χ4v) is 3.07. The Kier molecular flexibility index (Phi) is 4.57. The molecule has 0 aromatic heterocycles. The van der Waals surface area contributed by atoms with Crippen LogP contribution in [-0.4, -0.2) is 51.4 Å². The minimum absolute atomic E-state index is 0.0713. The lowest BCUT2D eigenvalue weighted by Crippen LogP contribution is -2.45. The molecule has 130 valence electrons. The number of amides is 2. The Morgan fingerprint density at radius 3 is 2.79 bits per heavy atom. The van der Waals surface area contributed by atoms with E-state index in [4.69, 9.17) is 9.47 Å². The van der Waals surface area contributed by atoms with Gasteiger partial charge in [0.1, 0.15) is 5.82 Å². The van der Waals surface area contributed by atoms with Crippen molar-refractivity contribution in [2.24, 2.45) is 0 Å². The molecule has 2 amide bonds. The summed E-state index contributed by atoms with van der Waals surface area (Å²) in [6.45, 7) is 3.72. The number of ether oxygens (including phenoxy) is 2. The number of rotatable bonds is 4. The number of alkyl carbamates (subject to hydrolysis) is 1. The van der Waals surface area contributed by atoms with Crippen LogP contribution in [0.25, 0.3) is 0 Å².